The number of nitrogens with one attached hydrogen (secondary N) is 1. The van der Waals surface area contributed by atoms with Gasteiger partial charge in [0, 0.05) is 5.70 Å². The summed E-state index contributed by atoms with van der Waals surface area (Å²) < 4.78 is 0. The molecule has 60 valence electrons. The zero-order valence-corrected chi connectivity index (χ0v) is 7.44. The van der Waals surface area contributed by atoms with Crippen LogP contribution in [0.5, 0.6) is 0 Å². The van der Waals surface area contributed by atoms with Gasteiger partial charge in [-0.25, -0.2) is 0 Å². The molecular weight excluding hydrogens is 124 g/mol. The number of hydrogen-bond donors (Lipinski definition) is 1. The van der Waals surface area contributed by atoms with Crippen LogP contribution in [0.2, 0.25) is 0 Å². The van der Waals surface area contributed by atoms with Crippen molar-refractivity contribution in [2.24, 2.45) is 0 Å². The summed E-state index contributed by atoms with van der Waals surface area (Å²) >= 11 is 0. The molecule has 1 unspecified atom stereocenters. The molecule has 0 aliphatic rings. The lowest BCUT2D eigenvalue weighted by Crippen LogP contribution is -2.37. The summed E-state index contributed by atoms with van der Waals surface area (Å²) in [5.74, 6) is 0. The van der Waals surface area contributed by atoms with E-state index in [2.05, 4.69) is 30.6 Å². The van der Waals surface area contributed by atoms with Gasteiger partial charge in [0.05, 0.1) is 6.17 Å². The van der Waals surface area contributed by atoms with E-state index in [1.165, 1.54) is 0 Å². The van der Waals surface area contributed by atoms with Gasteiger partial charge in [0.2, 0.25) is 0 Å². The molecule has 2 heteroatoms. The molecule has 0 spiro atoms. The average molecular weight is 142 g/mol. The van der Waals surface area contributed by atoms with Crippen molar-refractivity contribution in [2.45, 2.75) is 26.4 Å². The second kappa shape index (κ2) is 4.34. The SMILES string of the molecule is C=C(CC)NC(C)N(C)C. The quantitative estimate of drug-likeness (QED) is 0.597. The Morgan fingerprint density at radius 1 is 1.60 bits per heavy atom. The zero-order valence-electron chi connectivity index (χ0n) is 7.44. The Morgan fingerprint density at radius 2 is 2.10 bits per heavy atom. The molecule has 0 amide bonds. The molecule has 2 nitrogen and oxygen atoms in total. The monoisotopic (exact) mass is 142 g/mol. The van der Waals surface area contributed by atoms with E-state index in [1.807, 2.05) is 14.1 Å². The molecule has 0 aliphatic carbocycles. The van der Waals surface area contributed by atoms with Crippen LogP contribution in [0.4, 0.5) is 0 Å². The summed E-state index contributed by atoms with van der Waals surface area (Å²) in [5.41, 5.74) is 1.10. The van der Waals surface area contributed by atoms with E-state index in [0.29, 0.717) is 6.17 Å². The van der Waals surface area contributed by atoms with Crippen molar-refractivity contribution in [3.8, 4) is 0 Å². The lowest BCUT2D eigenvalue weighted by atomic mass is 10.3. The lowest BCUT2D eigenvalue weighted by Gasteiger charge is -2.22. The van der Waals surface area contributed by atoms with Gasteiger partial charge in [-0.2, -0.15) is 0 Å². The highest BCUT2D eigenvalue weighted by atomic mass is 15.2. The minimum atomic E-state index is 0.382. The Bertz CT molecular complexity index is 108. The van der Waals surface area contributed by atoms with E-state index in [0.717, 1.165) is 12.1 Å². The molecule has 0 saturated carbocycles. The first-order chi connectivity index (χ1) is 4.57. The number of hydrogen-bond acceptors (Lipinski definition) is 2. The first-order valence-corrected chi connectivity index (χ1v) is 3.68. The molecule has 0 rings (SSSR count). The fraction of sp³-hybridized carbons (Fsp3) is 0.750. The predicted octanol–water partition coefficient (Wildman–Crippen LogP) is 1.41. The third-order valence-electron chi connectivity index (χ3n) is 1.61. The molecule has 0 aromatic rings. The van der Waals surface area contributed by atoms with Crippen LogP contribution in [0.15, 0.2) is 12.3 Å². The van der Waals surface area contributed by atoms with Crippen LogP contribution in [-0.4, -0.2) is 25.2 Å². The fourth-order valence-electron chi connectivity index (χ4n) is 0.527. The van der Waals surface area contributed by atoms with Gasteiger partial charge in [-0.1, -0.05) is 13.5 Å². The normalized spacial score (nSPS) is 13.3. The molecule has 0 aliphatic heterocycles. The van der Waals surface area contributed by atoms with Crippen LogP contribution >= 0.6 is 0 Å². The van der Waals surface area contributed by atoms with Gasteiger partial charge in [-0.05, 0) is 27.4 Å². The molecule has 1 atom stereocenters. The van der Waals surface area contributed by atoms with Crippen molar-refractivity contribution in [2.75, 3.05) is 14.1 Å². The summed E-state index contributed by atoms with van der Waals surface area (Å²) in [6.07, 6.45) is 1.38. The Labute approximate surface area is 63.9 Å². The van der Waals surface area contributed by atoms with Crippen molar-refractivity contribution in [1.82, 2.24) is 10.2 Å². The van der Waals surface area contributed by atoms with Crippen LogP contribution in [0.25, 0.3) is 0 Å². The molecule has 0 bridgehead atoms. The van der Waals surface area contributed by atoms with E-state index in [9.17, 15) is 0 Å². The molecule has 0 saturated heterocycles. The smallest absolute Gasteiger partial charge is 0.0756 e. The molecule has 10 heavy (non-hydrogen) atoms. The molecule has 0 fully saturated rings. The molecular formula is C8H18N2. The zero-order chi connectivity index (χ0) is 8.15. The fourth-order valence-corrected chi connectivity index (χ4v) is 0.527. The summed E-state index contributed by atoms with van der Waals surface area (Å²) in [6, 6.07) is 0. The van der Waals surface area contributed by atoms with Crippen LogP contribution in [0, 0.1) is 0 Å². The number of nitrogens with zero attached hydrogens (tertiary/aromatic N) is 1. The summed E-state index contributed by atoms with van der Waals surface area (Å²) in [6.45, 7) is 8.06. The second-order valence-electron chi connectivity index (χ2n) is 2.74. The lowest BCUT2D eigenvalue weighted by molar-refractivity contribution is 0.281. The highest BCUT2D eigenvalue weighted by Crippen LogP contribution is 1.94. The van der Waals surface area contributed by atoms with Gasteiger partial charge in [-0.3, -0.25) is 4.90 Å². The Kier molecular flexibility index (Phi) is 4.12. The van der Waals surface area contributed by atoms with Gasteiger partial charge >= 0.3 is 0 Å². The van der Waals surface area contributed by atoms with E-state index in [1.54, 1.807) is 0 Å². The molecule has 0 aromatic heterocycles. The van der Waals surface area contributed by atoms with Crippen molar-refractivity contribution in [3.63, 3.8) is 0 Å². The van der Waals surface area contributed by atoms with Gasteiger partial charge in [0.1, 0.15) is 0 Å². The topological polar surface area (TPSA) is 15.3 Å². The Morgan fingerprint density at radius 3 is 2.40 bits per heavy atom. The minimum absolute atomic E-state index is 0.382. The second-order valence-corrected chi connectivity index (χ2v) is 2.74. The van der Waals surface area contributed by atoms with Gasteiger partial charge in [0.15, 0.2) is 0 Å². The highest BCUT2D eigenvalue weighted by Gasteiger charge is 2.01. The van der Waals surface area contributed by atoms with Crippen molar-refractivity contribution < 1.29 is 0 Å². The average Bonchev–Trinajstić information content (AvgIpc) is 1.87. The first-order valence-electron chi connectivity index (χ1n) is 3.68. The maximum atomic E-state index is 3.86. The predicted molar refractivity (Wildman–Crippen MR) is 45.7 cm³/mol. The van der Waals surface area contributed by atoms with Gasteiger partial charge in [0.25, 0.3) is 0 Å². The van der Waals surface area contributed by atoms with Crippen LogP contribution in [0.3, 0.4) is 0 Å². The Balaban J connectivity index is 3.57. The summed E-state index contributed by atoms with van der Waals surface area (Å²) in [4.78, 5) is 2.11. The molecule has 0 aromatic carbocycles. The maximum absolute atomic E-state index is 3.86. The number of allylic oxidation sites excluding steroid dienone is 1. The van der Waals surface area contributed by atoms with Crippen molar-refractivity contribution >= 4 is 0 Å². The van der Waals surface area contributed by atoms with Gasteiger partial charge < -0.3 is 5.32 Å². The van der Waals surface area contributed by atoms with E-state index >= 15 is 0 Å². The third-order valence-corrected chi connectivity index (χ3v) is 1.61. The van der Waals surface area contributed by atoms with Crippen molar-refractivity contribution in [1.29, 1.82) is 0 Å². The molecule has 0 radical (unpaired) electrons. The number of rotatable bonds is 4. The van der Waals surface area contributed by atoms with E-state index < -0.39 is 0 Å². The Hall–Kier alpha value is -0.500. The van der Waals surface area contributed by atoms with Crippen molar-refractivity contribution in [3.05, 3.63) is 12.3 Å². The standard InChI is InChI=1S/C8H18N2/c1-6-7(2)9-8(3)10(4)5/h8-9H,2,6H2,1,3-5H3. The van der Waals surface area contributed by atoms with Crippen LogP contribution in [-0.2, 0) is 0 Å². The highest BCUT2D eigenvalue weighted by molar-refractivity contribution is 4.90. The van der Waals surface area contributed by atoms with Crippen LogP contribution in [0.1, 0.15) is 20.3 Å². The van der Waals surface area contributed by atoms with E-state index in [4.69, 9.17) is 0 Å². The summed E-state index contributed by atoms with van der Waals surface area (Å²) in [7, 11) is 4.08. The maximum Gasteiger partial charge on any atom is 0.0756 e. The molecule has 1 N–H and O–H groups in total. The minimum Gasteiger partial charge on any atom is -0.374 e. The first kappa shape index (κ1) is 9.50. The largest absolute Gasteiger partial charge is 0.374 e. The summed E-state index contributed by atoms with van der Waals surface area (Å²) in [5, 5.41) is 3.26. The third kappa shape index (κ3) is 3.51. The van der Waals surface area contributed by atoms with E-state index in [-0.39, 0.29) is 0 Å². The molecule has 0 heterocycles. The van der Waals surface area contributed by atoms with Gasteiger partial charge in [-0.15, -0.1) is 0 Å². The van der Waals surface area contributed by atoms with Crippen LogP contribution < -0.4 is 5.32 Å².